The number of carbonyl (C=O) groups is 1. The van der Waals surface area contributed by atoms with E-state index in [1.54, 1.807) is 46.9 Å². The zero-order valence-corrected chi connectivity index (χ0v) is 21.3. The van der Waals surface area contributed by atoms with Crippen LogP contribution in [0.5, 0.6) is 0 Å². The lowest BCUT2D eigenvalue weighted by Gasteiger charge is -2.25. The van der Waals surface area contributed by atoms with Crippen molar-refractivity contribution in [1.82, 2.24) is 14.2 Å². The first-order valence-electron chi connectivity index (χ1n) is 10.7. The molecule has 1 aliphatic rings. The van der Waals surface area contributed by atoms with Crippen LogP contribution < -0.4 is 5.32 Å². The highest BCUT2D eigenvalue weighted by Gasteiger charge is 2.25. The second-order valence-corrected chi connectivity index (χ2v) is 10.5. The minimum absolute atomic E-state index is 0.274. The third-order valence-corrected chi connectivity index (χ3v) is 8.38. The molecule has 0 saturated carbocycles. The Morgan fingerprint density at radius 2 is 1.72 bits per heavy atom. The number of hydrogen-bond acceptors (Lipinski definition) is 3. The van der Waals surface area contributed by atoms with Gasteiger partial charge in [-0.2, -0.15) is 4.31 Å². The Balaban J connectivity index is 0.00000141. The molecule has 32 heavy (non-hydrogen) atoms. The van der Waals surface area contributed by atoms with Gasteiger partial charge < -0.3 is 5.32 Å². The van der Waals surface area contributed by atoms with Gasteiger partial charge in [-0.3, -0.25) is 4.57 Å². The number of hydrogen-bond donors (Lipinski definition) is 1. The molecule has 1 amide bonds. The first-order chi connectivity index (χ1) is 15.4. The van der Waals surface area contributed by atoms with Crippen LogP contribution in [-0.4, -0.2) is 36.4 Å². The molecular formula is C23H27BrClN3O3S. The molecule has 6 nitrogen and oxygen atoms in total. The van der Waals surface area contributed by atoms with Crippen molar-refractivity contribution < 1.29 is 13.2 Å². The third-order valence-electron chi connectivity index (χ3n) is 5.27. The minimum atomic E-state index is -3.45. The molecule has 1 aliphatic heterocycles. The van der Waals surface area contributed by atoms with E-state index in [0.717, 1.165) is 40.2 Å². The van der Waals surface area contributed by atoms with E-state index in [9.17, 15) is 13.2 Å². The Morgan fingerprint density at radius 3 is 2.38 bits per heavy atom. The number of sulfonamides is 1. The predicted molar refractivity (Wildman–Crippen MR) is 133 cm³/mol. The van der Waals surface area contributed by atoms with Crippen molar-refractivity contribution in [2.75, 3.05) is 13.1 Å². The summed E-state index contributed by atoms with van der Waals surface area (Å²) in [6.07, 6.45) is 4.57. The molecule has 9 heteroatoms. The van der Waals surface area contributed by atoms with Crippen LogP contribution in [0.1, 0.15) is 38.7 Å². The van der Waals surface area contributed by atoms with Crippen molar-refractivity contribution in [3.8, 4) is 0 Å². The molecule has 1 fully saturated rings. The van der Waals surface area contributed by atoms with Crippen LogP contribution in [-0.2, 0) is 16.6 Å². The highest BCUT2D eigenvalue weighted by molar-refractivity contribution is 9.10. The number of rotatable bonds is 4. The Labute approximate surface area is 202 Å². The van der Waals surface area contributed by atoms with Gasteiger partial charge in [-0.25, -0.2) is 13.2 Å². The summed E-state index contributed by atoms with van der Waals surface area (Å²) in [5.41, 5.74) is 1.56. The lowest BCUT2D eigenvalue weighted by Crippen LogP contribution is -2.35. The number of benzene rings is 2. The average Bonchev–Trinajstić information content (AvgIpc) is 3.22. The van der Waals surface area contributed by atoms with Gasteiger partial charge in [0.25, 0.3) is 0 Å². The summed E-state index contributed by atoms with van der Waals surface area (Å²) in [4.78, 5) is 12.9. The Hall–Kier alpha value is -1.87. The number of carbonyl (C=O) groups excluding carboxylic acids is 1. The molecule has 0 aliphatic carbocycles. The molecule has 0 unspecified atom stereocenters. The zero-order chi connectivity index (χ0) is 23.3. The van der Waals surface area contributed by atoms with Crippen LogP contribution >= 0.6 is 27.5 Å². The highest BCUT2D eigenvalue weighted by atomic mass is 79.9. The van der Waals surface area contributed by atoms with Crippen molar-refractivity contribution in [1.29, 1.82) is 0 Å². The molecule has 0 atom stereocenters. The van der Waals surface area contributed by atoms with Crippen LogP contribution in [0.25, 0.3) is 10.9 Å². The molecule has 4 rings (SSSR count). The fraction of sp³-hybridized carbons (Fsp3) is 0.348. The topological polar surface area (TPSA) is 71.4 Å². The quantitative estimate of drug-likeness (QED) is 0.440. The molecule has 2 heterocycles. The summed E-state index contributed by atoms with van der Waals surface area (Å²) in [6, 6.07) is 11.8. The maximum Gasteiger partial charge on any atom is 0.326 e. The average molecular weight is 541 g/mol. The zero-order valence-electron chi connectivity index (χ0n) is 18.1. The van der Waals surface area contributed by atoms with Gasteiger partial charge in [-0.15, -0.1) is 0 Å². The standard InChI is InChI=1S/C21H21BrClN3O3S.C2H6/c22-18-13-20-16(12-19(18)23)8-11-26(20)21(27)24-14-15-4-6-17(7-5-15)30(28,29)25-9-2-1-3-10-25;1-2/h4-8,11-13H,1-3,9-10,14H2,(H,24,27);1-2H3. The maximum atomic E-state index is 12.7. The molecule has 0 spiro atoms. The van der Waals surface area contributed by atoms with Crippen molar-refractivity contribution in [2.24, 2.45) is 0 Å². The van der Waals surface area contributed by atoms with E-state index >= 15 is 0 Å². The fourth-order valence-electron chi connectivity index (χ4n) is 3.60. The summed E-state index contributed by atoms with van der Waals surface area (Å²) in [7, 11) is -3.45. The molecule has 172 valence electrons. The third kappa shape index (κ3) is 5.36. The van der Waals surface area contributed by atoms with Crippen molar-refractivity contribution in [3.05, 3.63) is 63.7 Å². The van der Waals surface area contributed by atoms with Crippen molar-refractivity contribution in [3.63, 3.8) is 0 Å². The fourth-order valence-corrected chi connectivity index (χ4v) is 5.62. The van der Waals surface area contributed by atoms with E-state index in [-0.39, 0.29) is 17.5 Å². The second-order valence-electron chi connectivity index (χ2n) is 7.28. The molecule has 1 aromatic heterocycles. The Bertz CT molecular complexity index is 1190. The smallest absolute Gasteiger partial charge is 0.326 e. The van der Waals surface area contributed by atoms with E-state index in [2.05, 4.69) is 21.2 Å². The largest absolute Gasteiger partial charge is 0.333 e. The lowest BCUT2D eigenvalue weighted by molar-refractivity contribution is 0.243. The normalized spacial score (nSPS) is 14.6. The van der Waals surface area contributed by atoms with E-state index in [1.807, 2.05) is 19.9 Å². The predicted octanol–water partition coefficient (Wildman–Crippen LogP) is 6.02. The van der Waals surface area contributed by atoms with Gasteiger partial charge in [-0.1, -0.05) is 44.0 Å². The van der Waals surface area contributed by atoms with Gasteiger partial charge in [0.05, 0.1) is 15.4 Å². The molecule has 1 saturated heterocycles. The van der Waals surface area contributed by atoms with Gasteiger partial charge in [0, 0.05) is 35.7 Å². The van der Waals surface area contributed by atoms with E-state index in [4.69, 9.17) is 11.6 Å². The Morgan fingerprint density at radius 1 is 1.06 bits per heavy atom. The second kappa shape index (κ2) is 10.8. The summed E-state index contributed by atoms with van der Waals surface area (Å²) < 4.78 is 29.3. The van der Waals surface area contributed by atoms with Crippen LogP contribution in [0.4, 0.5) is 4.79 Å². The first-order valence-corrected chi connectivity index (χ1v) is 13.3. The summed E-state index contributed by atoms with van der Waals surface area (Å²) in [5.74, 6) is 0. The summed E-state index contributed by atoms with van der Waals surface area (Å²) in [5, 5.41) is 4.31. The number of fused-ring (bicyclic) bond motifs is 1. The van der Waals surface area contributed by atoms with Crippen molar-refractivity contribution in [2.45, 2.75) is 44.6 Å². The number of nitrogens with one attached hydrogen (secondary N) is 1. The number of halogens is 2. The number of aromatic nitrogens is 1. The Kier molecular flexibility index (Phi) is 8.38. The SMILES string of the molecule is CC.O=C(NCc1ccc(S(=O)(=O)N2CCCCC2)cc1)n1ccc2cc(Cl)c(Br)cc21. The molecular weight excluding hydrogens is 514 g/mol. The minimum Gasteiger partial charge on any atom is -0.333 e. The van der Waals surface area contributed by atoms with E-state index in [1.165, 1.54) is 4.57 Å². The number of amides is 1. The maximum absolute atomic E-state index is 12.7. The summed E-state index contributed by atoms with van der Waals surface area (Å²) in [6.45, 7) is 5.44. The number of piperidine rings is 1. The molecule has 0 bridgehead atoms. The molecule has 3 aromatic rings. The van der Waals surface area contributed by atoms with Gasteiger partial charge in [0.2, 0.25) is 10.0 Å². The van der Waals surface area contributed by atoms with E-state index in [0.29, 0.717) is 18.1 Å². The van der Waals surface area contributed by atoms with Crippen LogP contribution in [0.2, 0.25) is 5.02 Å². The molecule has 1 N–H and O–H groups in total. The lowest BCUT2D eigenvalue weighted by atomic mass is 10.2. The van der Waals surface area contributed by atoms with Gasteiger partial charge in [-0.05, 0) is 64.7 Å². The van der Waals surface area contributed by atoms with Crippen LogP contribution in [0, 0.1) is 0 Å². The van der Waals surface area contributed by atoms with Crippen LogP contribution in [0.15, 0.2) is 58.0 Å². The monoisotopic (exact) mass is 539 g/mol. The summed E-state index contributed by atoms with van der Waals surface area (Å²) >= 11 is 9.49. The van der Waals surface area contributed by atoms with Gasteiger partial charge >= 0.3 is 6.03 Å². The number of nitrogens with zero attached hydrogens (tertiary/aromatic N) is 2. The van der Waals surface area contributed by atoms with Gasteiger partial charge in [0.15, 0.2) is 0 Å². The van der Waals surface area contributed by atoms with Gasteiger partial charge in [0.1, 0.15) is 0 Å². The molecule has 2 aromatic carbocycles. The first kappa shape index (κ1) is 24.8. The highest BCUT2D eigenvalue weighted by Crippen LogP contribution is 2.29. The van der Waals surface area contributed by atoms with E-state index < -0.39 is 10.0 Å². The molecule has 0 radical (unpaired) electrons. The van der Waals surface area contributed by atoms with Crippen molar-refractivity contribution >= 4 is 54.5 Å². The van der Waals surface area contributed by atoms with Crippen LogP contribution in [0.3, 0.4) is 0 Å².